The Morgan fingerprint density at radius 2 is 1.88 bits per heavy atom. The lowest BCUT2D eigenvalue weighted by Crippen LogP contribution is -2.42. The molecule has 6 nitrogen and oxygen atoms in total. The molecule has 0 saturated heterocycles. The third-order valence-corrected chi connectivity index (χ3v) is 3.44. The van der Waals surface area contributed by atoms with Gasteiger partial charge in [-0.2, -0.15) is 10.5 Å². The maximum Gasteiger partial charge on any atom is 0.292 e. The lowest BCUT2D eigenvalue weighted by atomic mass is 9.94. The maximum absolute atomic E-state index is 9.38. The normalized spacial score (nSPS) is 36.6. The van der Waals surface area contributed by atoms with Crippen LogP contribution in [0.4, 0.5) is 0 Å². The molecule has 0 aromatic carbocycles. The molecular weight excluding hydrogens is 220 g/mol. The van der Waals surface area contributed by atoms with E-state index in [1.165, 1.54) is 0 Å². The Hall–Kier alpha value is -1.63. The van der Waals surface area contributed by atoms with E-state index in [4.69, 9.17) is 15.2 Å². The van der Waals surface area contributed by atoms with Crippen LogP contribution in [0.25, 0.3) is 0 Å². The molecule has 1 aliphatic carbocycles. The summed E-state index contributed by atoms with van der Waals surface area (Å²) >= 11 is 0. The molecular formula is C11H14N4O2. The average Bonchev–Trinajstić information content (AvgIpc) is 2.96. The molecule has 1 saturated carbocycles. The van der Waals surface area contributed by atoms with Gasteiger partial charge in [0, 0.05) is 19.6 Å². The van der Waals surface area contributed by atoms with Gasteiger partial charge < -0.3 is 15.2 Å². The van der Waals surface area contributed by atoms with Crippen LogP contribution in [0.3, 0.4) is 0 Å². The molecule has 1 aliphatic heterocycles. The van der Waals surface area contributed by atoms with Gasteiger partial charge in [0.2, 0.25) is 0 Å². The minimum absolute atomic E-state index is 0.142. The second-order valence-electron chi connectivity index (χ2n) is 4.16. The quantitative estimate of drug-likeness (QED) is 0.713. The van der Waals surface area contributed by atoms with Crippen molar-refractivity contribution in [1.82, 2.24) is 0 Å². The van der Waals surface area contributed by atoms with Crippen molar-refractivity contribution >= 4 is 5.84 Å². The topological polar surface area (TPSA) is 104 Å². The summed E-state index contributed by atoms with van der Waals surface area (Å²) in [6.07, 6.45) is 0.322. The number of nitriles is 2. The van der Waals surface area contributed by atoms with Crippen LogP contribution >= 0.6 is 0 Å². The van der Waals surface area contributed by atoms with E-state index in [0.29, 0.717) is 19.6 Å². The van der Waals surface area contributed by atoms with Crippen LogP contribution in [0.15, 0.2) is 4.99 Å². The second-order valence-corrected chi connectivity index (χ2v) is 4.16. The first-order valence-corrected chi connectivity index (χ1v) is 5.54. The highest BCUT2D eigenvalue weighted by Gasteiger charge is 2.86. The molecule has 0 bridgehead atoms. The number of rotatable bonds is 4. The number of aliphatic imine (C=N–C) groups is 1. The molecule has 2 atom stereocenters. The number of ether oxygens (including phenoxy) is 2. The first-order chi connectivity index (χ1) is 8.08. The molecule has 0 unspecified atom stereocenters. The molecule has 6 heteroatoms. The Labute approximate surface area is 99.6 Å². The zero-order valence-corrected chi connectivity index (χ0v) is 9.86. The fourth-order valence-corrected chi connectivity index (χ4v) is 2.54. The van der Waals surface area contributed by atoms with Crippen molar-refractivity contribution in [1.29, 1.82) is 10.5 Å². The largest absolute Gasteiger partial charge is 0.386 e. The number of fused-ring (bicyclic) bond motifs is 1. The van der Waals surface area contributed by atoms with Gasteiger partial charge in [0.25, 0.3) is 5.91 Å². The summed E-state index contributed by atoms with van der Waals surface area (Å²) in [5.41, 5.74) is 3.65. The Morgan fingerprint density at radius 3 is 2.24 bits per heavy atom. The van der Waals surface area contributed by atoms with Gasteiger partial charge >= 0.3 is 0 Å². The average molecular weight is 234 g/mol. The summed E-state index contributed by atoms with van der Waals surface area (Å²) in [6.45, 7) is 4.24. The predicted octanol–water partition coefficient (Wildman–Crippen LogP) is 0.508. The predicted molar refractivity (Wildman–Crippen MR) is 58.3 cm³/mol. The molecule has 2 N–H and O–H groups in total. The summed E-state index contributed by atoms with van der Waals surface area (Å²) in [5, 5.41) is 18.6. The molecule has 17 heavy (non-hydrogen) atoms. The zero-order valence-electron chi connectivity index (χ0n) is 9.86. The van der Waals surface area contributed by atoms with Gasteiger partial charge in [-0.15, -0.1) is 0 Å². The molecule has 2 rings (SSSR count). The van der Waals surface area contributed by atoms with E-state index in [1.54, 1.807) is 13.8 Å². The summed E-state index contributed by atoms with van der Waals surface area (Å²) in [6, 6.07) is 4.22. The van der Waals surface area contributed by atoms with Crippen LogP contribution in [0.1, 0.15) is 20.3 Å². The minimum Gasteiger partial charge on any atom is -0.386 e. The zero-order chi connectivity index (χ0) is 12.7. The monoisotopic (exact) mass is 234 g/mol. The van der Waals surface area contributed by atoms with E-state index in [9.17, 15) is 10.5 Å². The van der Waals surface area contributed by atoms with E-state index >= 15 is 0 Å². The second kappa shape index (κ2) is 3.43. The van der Waals surface area contributed by atoms with E-state index < -0.39 is 16.7 Å². The lowest BCUT2D eigenvalue weighted by molar-refractivity contribution is -0.254. The Balaban J connectivity index is 2.50. The highest BCUT2D eigenvalue weighted by molar-refractivity contribution is 5.97. The molecule has 0 aromatic heterocycles. The van der Waals surface area contributed by atoms with Crippen molar-refractivity contribution in [3.8, 4) is 12.1 Å². The summed E-state index contributed by atoms with van der Waals surface area (Å²) in [4.78, 5) is 4.12. The van der Waals surface area contributed by atoms with Gasteiger partial charge in [0.15, 0.2) is 5.41 Å². The van der Waals surface area contributed by atoms with Gasteiger partial charge in [-0.3, -0.25) is 0 Å². The summed E-state index contributed by atoms with van der Waals surface area (Å²) in [7, 11) is 0. The standard InChI is InChI=1S/C11H14N4O2/c1-3-16-11(17-4-2)10(7-13)5-9(10,6-12)8(14)15-11/h3-5H2,1-2H3,(H2,14,15)/t9-,10-/m1/s1. The van der Waals surface area contributed by atoms with E-state index in [1.807, 2.05) is 0 Å². The fourth-order valence-electron chi connectivity index (χ4n) is 2.54. The van der Waals surface area contributed by atoms with Crippen LogP contribution in [-0.4, -0.2) is 25.0 Å². The summed E-state index contributed by atoms with van der Waals surface area (Å²) < 4.78 is 11.0. The molecule has 2 aliphatic rings. The number of hydrogen-bond donors (Lipinski definition) is 1. The van der Waals surface area contributed by atoms with Crippen molar-refractivity contribution in [3.63, 3.8) is 0 Å². The SMILES string of the molecule is CCOC1(OCC)N=C(N)[C@]2(C#N)C[C@]12C#N. The lowest BCUT2D eigenvalue weighted by Gasteiger charge is -2.30. The molecule has 0 radical (unpaired) electrons. The Morgan fingerprint density at radius 1 is 1.29 bits per heavy atom. The number of nitrogens with two attached hydrogens (primary N) is 1. The smallest absolute Gasteiger partial charge is 0.292 e. The number of hydrogen-bond acceptors (Lipinski definition) is 6. The van der Waals surface area contributed by atoms with Crippen molar-refractivity contribution < 1.29 is 9.47 Å². The first-order valence-electron chi connectivity index (χ1n) is 5.54. The van der Waals surface area contributed by atoms with Crippen LogP contribution in [0.2, 0.25) is 0 Å². The molecule has 1 fully saturated rings. The Bertz CT molecular complexity index is 455. The highest BCUT2D eigenvalue weighted by Crippen LogP contribution is 2.73. The van der Waals surface area contributed by atoms with Crippen molar-refractivity contribution in [2.75, 3.05) is 13.2 Å². The van der Waals surface area contributed by atoms with Gasteiger partial charge in [-0.05, 0) is 13.8 Å². The molecule has 90 valence electrons. The molecule has 0 spiro atoms. The molecule has 0 aromatic rings. The van der Waals surface area contributed by atoms with Crippen LogP contribution < -0.4 is 5.73 Å². The number of amidine groups is 1. The van der Waals surface area contributed by atoms with Gasteiger partial charge in [0.1, 0.15) is 11.3 Å². The van der Waals surface area contributed by atoms with Crippen LogP contribution in [0.5, 0.6) is 0 Å². The Kier molecular flexibility index (Phi) is 2.39. The molecule has 0 amide bonds. The van der Waals surface area contributed by atoms with Crippen molar-refractivity contribution in [2.45, 2.75) is 26.2 Å². The van der Waals surface area contributed by atoms with Crippen molar-refractivity contribution in [3.05, 3.63) is 0 Å². The van der Waals surface area contributed by atoms with Crippen molar-refractivity contribution in [2.24, 2.45) is 21.6 Å². The van der Waals surface area contributed by atoms with Gasteiger partial charge in [0.05, 0.1) is 12.1 Å². The van der Waals surface area contributed by atoms with E-state index in [2.05, 4.69) is 17.1 Å². The van der Waals surface area contributed by atoms with Gasteiger partial charge in [-0.25, -0.2) is 4.99 Å². The van der Waals surface area contributed by atoms with E-state index in [0.717, 1.165) is 0 Å². The third-order valence-electron chi connectivity index (χ3n) is 3.44. The molecule has 1 heterocycles. The summed E-state index contributed by atoms with van der Waals surface area (Å²) in [5.74, 6) is -1.27. The minimum atomic E-state index is -1.41. The van der Waals surface area contributed by atoms with Gasteiger partial charge in [-0.1, -0.05) is 0 Å². The first kappa shape index (κ1) is 11.8. The fraction of sp³-hybridized carbons (Fsp3) is 0.727. The number of nitrogens with zero attached hydrogens (tertiary/aromatic N) is 3. The maximum atomic E-state index is 9.38. The third kappa shape index (κ3) is 1.07. The van der Waals surface area contributed by atoms with Crippen LogP contribution in [-0.2, 0) is 9.47 Å². The van der Waals surface area contributed by atoms with E-state index in [-0.39, 0.29) is 5.84 Å². The van der Waals surface area contributed by atoms with Crippen LogP contribution in [0, 0.1) is 33.5 Å². The highest BCUT2D eigenvalue weighted by atomic mass is 16.7.